The SMILES string of the molecule is O=C(/C=C/c1ccccc1)N1CCN(C(=O)c2cc3ccccc3[nH]2)CC1. The Morgan fingerprint density at radius 2 is 1.52 bits per heavy atom. The smallest absolute Gasteiger partial charge is 0.270 e. The van der Waals surface area contributed by atoms with Gasteiger partial charge in [0.15, 0.2) is 0 Å². The summed E-state index contributed by atoms with van der Waals surface area (Å²) in [6, 6.07) is 19.5. The van der Waals surface area contributed by atoms with Gasteiger partial charge in [-0.3, -0.25) is 9.59 Å². The lowest BCUT2D eigenvalue weighted by molar-refractivity contribution is -0.127. The normalized spacial score (nSPS) is 14.8. The van der Waals surface area contributed by atoms with Gasteiger partial charge >= 0.3 is 0 Å². The number of aromatic amines is 1. The average Bonchev–Trinajstić information content (AvgIpc) is 3.16. The number of carbonyl (C=O) groups excluding carboxylic acids is 2. The highest BCUT2D eigenvalue weighted by atomic mass is 16.2. The topological polar surface area (TPSA) is 56.4 Å². The standard InChI is InChI=1S/C22H21N3O2/c26-21(11-10-17-6-2-1-3-7-17)24-12-14-25(15-13-24)22(27)20-16-18-8-4-5-9-19(18)23-20/h1-11,16,23H,12-15H2/b11-10+. The lowest BCUT2D eigenvalue weighted by atomic mass is 10.2. The number of para-hydroxylation sites is 1. The van der Waals surface area contributed by atoms with Crippen LogP contribution in [0.5, 0.6) is 0 Å². The van der Waals surface area contributed by atoms with Gasteiger partial charge in [0.05, 0.1) is 0 Å². The summed E-state index contributed by atoms with van der Waals surface area (Å²) in [4.78, 5) is 31.9. The molecule has 1 aliphatic heterocycles. The van der Waals surface area contributed by atoms with Gasteiger partial charge in [0, 0.05) is 43.2 Å². The van der Waals surface area contributed by atoms with Crippen molar-refractivity contribution in [2.75, 3.05) is 26.2 Å². The van der Waals surface area contributed by atoms with Gasteiger partial charge in [0.2, 0.25) is 5.91 Å². The second kappa shape index (κ2) is 7.50. The number of benzene rings is 2. The summed E-state index contributed by atoms with van der Waals surface area (Å²) in [5.74, 6) is -0.0327. The lowest BCUT2D eigenvalue weighted by Gasteiger charge is -2.34. The number of nitrogens with zero attached hydrogens (tertiary/aromatic N) is 2. The van der Waals surface area contributed by atoms with E-state index in [0.717, 1.165) is 16.5 Å². The summed E-state index contributed by atoms with van der Waals surface area (Å²) in [6.45, 7) is 2.17. The van der Waals surface area contributed by atoms with Gasteiger partial charge in [0.1, 0.15) is 5.69 Å². The minimum Gasteiger partial charge on any atom is -0.351 e. The first-order valence-electron chi connectivity index (χ1n) is 9.10. The lowest BCUT2D eigenvalue weighted by Crippen LogP contribution is -2.50. The number of amides is 2. The zero-order chi connectivity index (χ0) is 18.6. The van der Waals surface area contributed by atoms with Crippen molar-refractivity contribution in [2.24, 2.45) is 0 Å². The zero-order valence-corrected chi connectivity index (χ0v) is 15.0. The van der Waals surface area contributed by atoms with Crippen molar-refractivity contribution in [3.8, 4) is 0 Å². The fraction of sp³-hybridized carbons (Fsp3) is 0.182. The first-order valence-corrected chi connectivity index (χ1v) is 9.10. The highest BCUT2D eigenvalue weighted by Crippen LogP contribution is 2.17. The van der Waals surface area contributed by atoms with Gasteiger partial charge in [-0.2, -0.15) is 0 Å². The van der Waals surface area contributed by atoms with Crippen LogP contribution in [-0.4, -0.2) is 52.8 Å². The molecule has 0 atom stereocenters. The van der Waals surface area contributed by atoms with Crippen LogP contribution >= 0.6 is 0 Å². The van der Waals surface area contributed by atoms with Crippen LogP contribution < -0.4 is 0 Å². The molecule has 2 heterocycles. The quantitative estimate of drug-likeness (QED) is 0.731. The first kappa shape index (κ1) is 17.1. The second-order valence-electron chi connectivity index (χ2n) is 6.63. The fourth-order valence-electron chi connectivity index (χ4n) is 3.33. The van der Waals surface area contributed by atoms with E-state index in [4.69, 9.17) is 0 Å². The summed E-state index contributed by atoms with van der Waals surface area (Å²) in [7, 11) is 0. The highest BCUT2D eigenvalue weighted by molar-refractivity contribution is 5.98. The van der Waals surface area contributed by atoms with Crippen LogP contribution in [0.3, 0.4) is 0 Å². The number of aromatic nitrogens is 1. The molecule has 1 aromatic heterocycles. The predicted octanol–water partition coefficient (Wildman–Crippen LogP) is 3.17. The van der Waals surface area contributed by atoms with Crippen molar-refractivity contribution in [2.45, 2.75) is 0 Å². The van der Waals surface area contributed by atoms with Gasteiger partial charge in [-0.05, 0) is 23.8 Å². The van der Waals surface area contributed by atoms with Crippen molar-refractivity contribution in [1.82, 2.24) is 14.8 Å². The van der Waals surface area contributed by atoms with Crippen molar-refractivity contribution in [3.63, 3.8) is 0 Å². The maximum Gasteiger partial charge on any atom is 0.270 e. The third kappa shape index (κ3) is 3.77. The third-order valence-corrected chi connectivity index (χ3v) is 4.86. The molecular formula is C22H21N3O2. The molecule has 2 aromatic carbocycles. The van der Waals surface area contributed by atoms with E-state index in [-0.39, 0.29) is 11.8 Å². The molecule has 5 heteroatoms. The summed E-state index contributed by atoms with van der Waals surface area (Å²) >= 11 is 0. The van der Waals surface area contributed by atoms with Crippen molar-refractivity contribution >= 4 is 28.8 Å². The Kier molecular flexibility index (Phi) is 4.75. The zero-order valence-electron chi connectivity index (χ0n) is 15.0. The number of carbonyl (C=O) groups is 2. The van der Waals surface area contributed by atoms with E-state index in [2.05, 4.69) is 4.98 Å². The van der Waals surface area contributed by atoms with E-state index in [1.807, 2.05) is 66.7 Å². The van der Waals surface area contributed by atoms with Crippen molar-refractivity contribution in [3.05, 3.63) is 78.0 Å². The summed E-state index contributed by atoms with van der Waals surface area (Å²) in [6.07, 6.45) is 3.43. The van der Waals surface area contributed by atoms with Crippen LogP contribution in [-0.2, 0) is 4.79 Å². The van der Waals surface area contributed by atoms with Crippen LogP contribution in [0.4, 0.5) is 0 Å². The molecule has 0 bridgehead atoms. The largest absolute Gasteiger partial charge is 0.351 e. The van der Waals surface area contributed by atoms with E-state index in [1.54, 1.807) is 15.9 Å². The Morgan fingerprint density at radius 3 is 2.26 bits per heavy atom. The molecule has 1 saturated heterocycles. The maximum absolute atomic E-state index is 12.7. The van der Waals surface area contributed by atoms with Crippen molar-refractivity contribution < 1.29 is 9.59 Å². The van der Waals surface area contributed by atoms with Crippen molar-refractivity contribution in [1.29, 1.82) is 0 Å². The molecule has 5 nitrogen and oxygen atoms in total. The Bertz CT molecular complexity index is 950. The van der Waals surface area contributed by atoms with Crippen LogP contribution in [0.25, 0.3) is 17.0 Å². The molecule has 1 N–H and O–H groups in total. The molecule has 0 radical (unpaired) electrons. The molecule has 0 unspecified atom stereocenters. The Hall–Kier alpha value is -3.34. The van der Waals surface area contributed by atoms with Gasteiger partial charge in [-0.15, -0.1) is 0 Å². The number of hydrogen-bond acceptors (Lipinski definition) is 2. The van der Waals surface area contributed by atoms with E-state index >= 15 is 0 Å². The molecule has 27 heavy (non-hydrogen) atoms. The number of nitrogens with one attached hydrogen (secondary N) is 1. The molecule has 3 aromatic rings. The predicted molar refractivity (Wildman–Crippen MR) is 106 cm³/mol. The summed E-state index contributed by atoms with van der Waals surface area (Å²) in [5.41, 5.74) is 2.55. The number of rotatable bonds is 3. The fourth-order valence-corrected chi connectivity index (χ4v) is 3.33. The third-order valence-electron chi connectivity index (χ3n) is 4.86. The molecule has 0 aliphatic carbocycles. The van der Waals surface area contributed by atoms with Crippen LogP contribution in [0.1, 0.15) is 16.1 Å². The van der Waals surface area contributed by atoms with Gasteiger partial charge in [-0.25, -0.2) is 0 Å². The molecule has 1 aliphatic rings. The first-order chi connectivity index (χ1) is 13.2. The monoisotopic (exact) mass is 359 g/mol. The van der Waals surface area contributed by atoms with E-state index < -0.39 is 0 Å². The molecular weight excluding hydrogens is 338 g/mol. The van der Waals surface area contributed by atoms with Gasteiger partial charge in [0.25, 0.3) is 5.91 Å². The molecule has 0 spiro atoms. The van der Waals surface area contributed by atoms with E-state index in [1.165, 1.54) is 0 Å². The molecule has 2 amide bonds. The molecule has 4 rings (SSSR count). The summed E-state index contributed by atoms with van der Waals surface area (Å²) in [5, 5.41) is 1.03. The number of H-pyrrole nitrogens is 1. The second-order valence-corrected chi connectivity index (χ2v) is 6.63. The number of hydrogen-bond donors (Lipinski definition) is 1. The maximum atomic E-state index is 12.7. The minimum atomic E-state index is -0.0171. The van der Waals surface area contributed by atoms with E-state index in [9.17, 15) is 9.59 Å². The molecule has 136 valence electrons. The van der Waals surface area contributed by atoms with E-state index in [0.29, 0.717) is 31.9 Å². The molecule has 0 saturated carbocycles. The Morgan fingerprint density at radius 1 is 0.852 bits per heavy atom. The van der Waals surface area contributed by atoms with Crippen LogP contribution in [0.15, 0.2) is 66.7 Å². The highest BCUT2D eigenvalue weighted by Gasteiger charge is 2.24. The van der Waals surface area contributed by atoms with Crippen LogP contribution in [0.2, 0.25) is 0 Å². The van der Waals surface area contributed by atoms with Crippen LogP contribution in [0, 0.1) is 0 Å². The Balaban J connectivity index is 1.36. The Labute approximate surface area is 157 Å². The molecule has 1 fully saturated rings. The number of piperazine rings is 1. The summed E-state index contributed by atoms with van der Waals surface area (Å²) < 4.78 is 0. The van der Waals surface area contributed by atoms with Gasteiger partial charge in [-0.1, -0.05) is 48.5 Å². The number of fused-ring (bicyclic) bond motifs is 1. The minimum absolute atomic E-state index is 0.0156. The van der Waals surface area contributed by atoms with Gasteiger partial charge < -0.3 is 14.8 Å². The average molecular weight is 359 g/mol.